The van der Waals surface area contributed by atoms with Crippen molar-refractivity contribution >= 4 is 28.8 Å². The molecule has 0 atom stereocenters. The molecule has 0 radical (unpaired) electrons. The van der Waals surface area contributed by atoms with Crippen molar-refractivity contribution in [3.05, 3.63) is 0 Å². The molecular formula is C3H6MgO+2. The molecule has 5 heavy (non-hydrogen) atoms. The number of Topliss-reactive ketones (excluding diaryl/α,β-unsaturated/α-hetero) is 1. The summed E-state index contributed by atoms with van der Waals surface area (Å²) in [5.41, 5.74) is 0. The van der Waals surface area contributed by atoms with Crippen LogP contribution in [0.4, 0.5) is 0 Å². The van der Waals surface area contributed by atoms with E-state index < -0.39 is 0 Å². The number of hydrogen-bond acceptors (Lipinski definition) is 1. The third kappa shape index (κ3) is 138. The van der Waals surface area contributed by atoms with Crippen LogP contribution in [0, 0.1) is 0 Å². The smallest absolute Gasteiger partial charge is 0.300 e. The monoisotopic (exact) mass is 82.0 g/mol. The van der Waals surface area contributed by atoms with Gasteiger partial charge in [0.05, 0.1) is 0 Å². The minimum Gasteiger partial charge on any atom is -0.300 e. The van der Waals surface area contributed by atoms with Gasteiger partial charge in [-0.1, -0.05) is 0 Å². The Morgan fingerprint density at radius 3 is 1.40 bits per heavy atom. The molecule has 0 aromatic heterocycles. The summed E-state index contributed by atoms with van der Waals surface area (Å²) in [5, 5.41) is 0. The van der Waals surface area contributed by atoms with Crippen molar-refractivity contribution in [1.82, 2.24) is 0 Å². The normalized spacial score (nSPS) is 5.20. The van der Waals surface area contributed by atoms with Crippen molar-refractivity contribution in [2.24, 2.45) is 0 Å². The van der Waals surface area contributed by atoms with E-state index in [9.17, 15) is 4.79 Å². The fourth-order valence-electron chi connectivity index (χ4n) is 0. The van der Waals surface area contributed by atoms with Crippen molar-refractivity contribution in [3.63, 3.8) is 0 Å². The molecule has 0 bridgehead atoms. The van der Waals surface area contributed by atoms with E-state index in [1.165, 1.54) is 13.8 Å². The van der Waals surface area contributed by atoms with E-state index in [2.05, 4.69) is 0 Å². The van der Waals surface area contributed by atoms with Gasteiger partial charge in [-0.2, -0.15) is 0 Å². The molecule has 1 nitrogen and oxygen atoms in total. The predicted octanol–water partition coefficient (Wildman–Crippen LogP) is 0.214. The van der Waals surface area contributed by atoms with Crippen LogP contribution in [0.15, 0.2) is 0 Å². The van der Waals surface area contributed by atoms with Gasteiger partial charge in [-0.05, 0) is 13.8 Å². The van der Waals surface area contributed by atoms with E-state index in [1.54, 1.807) is 0 Å². The molecule has 0 fully saturated rings. The molecule has 0 aliphatic heterocycles. The molecule has 0 rings (SSSR count). The quantitative estimate of drug-likeness (QED) is 0.382. The Morgan fingerprint density at radius 2 is 1.40 bits per heavy atom. The summed E-state index contributed by atoms with van der Waals surface area (Å²) < 4.78 is 0. The zero-order valence-corrected chi connectivity index (χ0v) is 5.03. The predicted molar refractivity (Wildman–Crippen MR) is 22.1 cm³/mol. The molecule has 0 N–H and O–H groups in total. The Bertz CT molecular complexity index is 29.9. The zero-order valence-electron chi connectivity index (χ0n) is 3.62. The maximum Gasteiger partial charge on any atom is 2.00 e. The van der Waals surface area contributed by atoms with E-state index in [0.29, 0.717) is 0 Å². The number of hydrogen-bond donors (Lipinski definition) is 0. The molecule has 0 saturated carbocycles. The minimum atomic E-state index is 0. The van der Waals surface area contributed by atoms with Crippen molar-refractivity contribution in [3.8, 4) is 0 Å². The maximum absolute atomic E-state index is 9.44. The van der Waals surface area contributed by atoms with Gasteiger partial charge in [-0.25, -0.2) is 0 Å². The molecule has 0 aliphatic rings. The fraction of sp³-hybridized carbons (Fsp3) is 0.667. The summed E-state index contributed by atoms with van der Waals surface area (Å²) in [7, 11) is 0. The van der Waals surface area contributed by atoms with Crippen LogP contribution in [-0.4, -0.2) is 28.8 Å². The van der Waals surface area contributed by atoms with E-state index in [-0.39, 0.29) is 28.8 Å². The van der Waals surface area contributed by atoms with Crippen LogP contribution in [0.3, 0.4) is 0 Å². The van der Waals surface area contributed by atoms with Gasteiger partial charge in [-0.3, -0.25) is 0 Å². The van der Waals surface area contributed by atoms with E-state index >= 15 is 0 Å². The van der Waals surface area contributed by atoms with Crippen LogP contribution < -0.4 is 0 Å². The van der Waals surface area contributed by atoms with Crippen LogP contribution in [0.25, 0.3) is 0 Å². The first-order chi connectivity index (χ1) is 1.73. The Kier molecular flexibility index (Phi) is 8.04. The van der Waals surface area contributed by atoms with Crippen LogP contribution in [0.1, 0.15) is 13.8 Å². The molecule has 24 valence electrons. The van der Waals surface area contributed by atoms with Crippen molar-refractivity contribution in [2.75, 3.05) is 0 Å². The Morgan fingerprint density at radius 1 is 1.40 bits per heavy atom. The topological polar surface area (TPSA) is 17.1 Å². The molecule has 0 heterocycles. The second kappa shape index (κ2) is 4.44. The van der Waals surface area contributed by atoms with Gasteiger partial charge >= 0.3 is 23.1 Å². The van der Waals surface area contributed by atoms with E-state index in [1.807, 2.05) is 0 Å². The summed E-state index contributed by atoms with van der Waals surface area (Å²) in [6.07, 6.45) is 0. The molecular weight excluding hydrogens is 76.3 g/mol. The van der Waals surface area contributed by atoms with Crippen molar-refractivity contribution in [1.29, 1.82) is 0 Å². The van der Waals surface area contributed by atoms with Gasteiger partial charge in [-0.15, -0.1) is 0 Å². The van der Waals surface area contributed by atoms with E-state index in [4.69, 9.17) is 0 Å². The largest absolute Gasteiger partial charge is 2.00 e. The standard InChI is InChI=1S/C3H6O.Mg/c1-3(2)4;/h1-2H3;/q;+2. The van der Waals surface area contributed by atoms with Crippen molar-refractivity contribution in [2.45, 2.75) is 13.8 Å². The number of rotatable bonds is 0. The maximum atomic E-state index is 9.44. The van der Waals surface area contributed by atoms with Crippen molar-refractivity contribution < 1.29 is 4.79 Å². The molecule has 2 heteroatoms. The Hall–Kier alpha value is 0.436. The third-order valence-electron chi connectivity index (χ3n) is 0. The Balaban J connectivity index is 0. The van der Waals surface area contributed by atoms with Crippen LogP contribution in [0.2, 0.25) is 0 Å². The number of carbonyl (C=O) groups is 1. The average molecular weight is 82.4 g/mol. The third-order valence-corrected chi connectivity index (χ3v) is 0. The van der Waals surface area contributed by atoms with Crippen LogP contribution in [-0.2, 0) is 4.79 Å². The summed E-state index contributed by atoms with van der Waals surface area (Å²) in [5.74, 6) is 0.167. The van der Waals surface area contributed by atoms with Crippen LogP contribution >= 0.6 is 0 Å². The first kappa shape index (κ1) is 9.06. The minimum absolute atomic E-state index is 0. The van der Waals surface area contributed by atoms with Gasteiger partial charge in [0.25, 0.3) is 0 Å². The van der Waals surface area contributed by atoms with Gasteiger partial charge < -0.3 is 4.79 Å². The van der Waals surface area contributed by atoms with Gasteiger partial charge in [0.1, 0.15) is 5.78 Å². The summed E-state index contributed by atoms with van der Waals surface area (Å²) in [6, 6.07) is 0. The first-order valence-corrected chi connectivity index (χ1v) is 1.20. The SMILES string of the molecule is CC(C)=O.[Mg+2]. The van der Waals surface area contributed by atoms with Gasteiger partial charge in [0, 0.05) is 0 Å². The number of ketones is 1. The average Bonchev–Trinajstić information content (AvgIpc) is 0.811. The molecule has 0 aromatic carbocycles. The van der Waals surface area contributed by atoms with Crippen LogP contribution in [0.5, 0.6) is 0 Å². The zero-order chi connectivity index (χ0) is 3.58. The molecule has 0 unspecified atom stereocenters. The van der Waals surface area contributed by atoms with E-state index in [0.717, 1.165) is 0 Å². The summed E-state index contributed by atoms with van der Waals surface area (Å²) in [4.78, 5) is 9.44. The number of carbonyl (C=O) groups excluding carboxylic acids is 1. The Labute approximate surface area is 47.9 Å². The van der Waals surface area contributed by atoms with Gasteiger partial charge in [0.2, 0.25) is 0 Å². The molecule has 0 saturated heterocycles. The molecule has 0 spiro atoms. The molecule has 0 aromatic rings. The second-order valence-electron chi connectivity index (χ2n) is 0.908. The fourth-order valence-corrected chi connectivity index (χ4v) is 0. The summed E-state index contributed by atoms with van der Waals surface area (Å²) in [6.45, 7) is 3.06. The second-order valence-corrected chi connectivity index (χ2v) is 0.908. The summed E-state index contributed by atoms with van der Waals surface area (Å²) >= 11 is 0. The van der Waals surface area contributed by atoms with Gasteiger partial charge in [0.15, 0.2) is 0 Å². The molecule has 0 aliphatic carbocycles. The molecule has 0 amide bonds. The first-order valence-electron chi connectivity index (χ1n) is 1.20.